The van der Waals surface area contributed by atoms with Gasteiger partial charge in [0.1, 0.15) is 10.8 Å². The number of hydrogen-bond donors (Lipinski definition) is 1. The van der Waals surface area contributed by atoms with E-state index in [2.05, 4.69) is 27.4 Å². The number of thiazole rings is 1. The number of nitrogens with zero attached hydrogens (tertiary/aromatic N) is 4. The predicted molar refractivity (Wildman–Crippen MR) is 111 cm³/mol. The lowest BCUT2D eigenvalue weighted by Crippen LogP contribution is -2.44. The van der Waals surface area contributed by atoms with Gasteiger partial charge in [-0.15, -0.1) is 23.7 Å². The van der Waals surface area contributed by atoms with Crippen molar-refractivity contribution in [3.05, 3.63) is 47.1 Å². The molecule has 4 rings (SSSR count). The van der Waals surface area contributed by atoms with Gasteiger partial charge < -0.3 is 14.6 Å². The van der Waals surface area contributed by atoms with Crippen molar-refractivity contribution < 1.29 is 9.26 Å². The highest BCUT2D eigenvalue weighted by molar-refractivity contribution is 7.13. The summed E-state index contributed by atoms with van der Waals surface area (Å²) >= 11 is 1.62. The largest absolute Gasteiger partial charge is 0.494 e. The fraction of sp³-hybridized carbons (Fsp3) is 0.421. The second-order valence-electron chi connectivity index (χ2n) is 6.53. The Morgan fingerprint density at radius 1 is 1.29 bits per heavy atom. The third-order valence-corrected chi connectivity index (χ3v) is 5.53. The molecule has 1 aliphatic rings. The summed E-state index contributed by atoms with van der Waals surface area (Å²) < 4.78 is 10.9. The number of ether oxygens (including phenoxy) is 1. The molecule has 0 aliphatic carbocycles. The minimum atomic E-state index is 0. The van der Waals surface area contributed by atoms with E-state index in [9.17, 15) is 0 Å². The van der Waals surface area contributed by atoms with Crippen LogP contribution in [0.1, 0.15) is 30.4 Å². The van der Waals surface area contributed by atoms with Crippen LogP contribution in [0.5, 0.6) is 5.75 Å². The van der Waals surface area contributed by atoms with Gasteiger partial charge in [0.05, 0.1) is 24.8 Å². The van der Waals surface area contributed by atoms with E-state index in [1.165, 1.54) is 0 Å². The molecule has 1 fully saturated rings. The van der Waals surface area contributed by atoms with E-state index < -0.39 is 0 Å². The van der Waals surface area contributed by atoms with E-state index in [1.54, 1.807) is 11.3 Å². The first-order valence-electron chi connectivity index (χ1n) is 9.14. The normalized spacial score (nSPS) is 17.3. The highest BCUT2D eigenvalue weighted by atomic mass is 35.5. The van der Waals surface area contributed by atoms with Gasteiger partial charge in [-0.05, 0) is 38.2 Å². The van der Waals surface area contributed by atoms with Gasteiger partial charge in [-0.3, -0.25) is 4.90 Å². The molecule has 1 aliphatic heterocycles. The molecule has 1 saturated heterocycles. The average Bonchev–Trinajstić information content (AvgIpc) is 3.33. The first kappa shape index (κ1) is 20.7. The predicted octanol–water partition coefficient (Wildman–Crippen LogP) is 3.18. The van der Waals surface area contributed by atoms with Gasteiger partial charge in [0.2, 0.25) is 5.89 Å². The summed E-state index contributed by atoms with van der Waals surface area (Å²) in [6.45, 7) is 5.46. The van der Waals surface area contributed by atoms with E-state index in [4.69, 9.17) is 14.2 Å². The Labute approximate surface area is 174 Å². The maximum atomic E-state index is 5.49. The summed E-state index contributed by atoms with van der Waals surface area (Å²) in [7, 11) is 2.09. The molecule has 150 valence electrons. The standard InChI is InChI=1S/C19H23N5O2S.ClH/c1-3-25-15-6-4-13(5-7-15)19-21-14(12-27-19)10-17-22-18(23-26-17)16-11-20-8-9-24(16)2;/h4-7,12,16,20H,3,8-11H2,1-2H3;1H. The monoisotopic (exact) mass is 421 g/mol. The van der Waals surface area contributed by atoms with Gasteiger partial charge >= 0.3 is 0 Å². The number of hydrogen-bond acceptors (Lipinski definition) is 8. The summed E-state index contributed by atoms with van der Waals surface area (Å²) in [5, 5.41) is 10.6. The van der Waals surface area contributed by atoms with E-state index in [0.29, 0.717) is 18.9 Å². The van der Waals surface area contributed by atoms with Crippen LogP contribution < -0.4 is 10.1 Å². The molecule has 3 aromatic rings. The van der Waals surface area contributed by atoms with Crippen LogP contribution in [0.15, 0.2) is 34.2 Å². The third kappa shape index (κ3) is 4.70. The van der Waals surface area contributed by atoms with Gasteiger partial charge in [-0.2, -0.15) is 4.98 Å². The van der Waals surface area contributed by atoms with Crippen LogP contribution in [0.4, 0.5) is 0 Å². The Bertz CT molecular complexity index is 883. The van der Waals surface area contributed by atoms with Gasteiger partial charge in [0.15, 0.2) is 5.82 Å². The fourth-order valence-electron chi connectivity index (χ4n) is 3.11. The summed E-state index contributed by atoms with van der Waals surface area (Å²) in [5.41, 5.74) is 2.02. The fourth-order valence-corrected chi connectivity index (χ4v) is 3.93. The molecule has 2 aromatic heterocycles. The Hall–Kier alpha value is -2.00. The summed E-state index contributed by atoms with van der Waals surface area (Å²) in [6.07, 6.45) is 0.546. The molecule has 0 bridgehead atoms. The lowest BCUT2D eigenvalue weighted by atomic mass is 10.2. The van der Waals surface area contributed by atoms with Crippen LogP contribution in [-0.2, 0) is 6.42 Å². The topological polar surface area (TPSA) is 76.3 Å². The number of benzene rings is 1. The highest BCUT2D eigenvalue weighted by Crippen LogP contribution is 2.27. The van der Waals surface area contributed by atoms with Crippen molar-refractivity contribution in [1.29, 1.82) is 0 Å². The van der Waals surface area contributed by atoms with Gasteiger partial charge in [0, 0.05) is 30.6 Å². The first-order valence-corrected chi connectivity index (χ1v) is 10.0. The zero-order valence-electron chi connectivity index (χ0n) is 15.9. The molecule has 7 nitrogen and oxygen atoms in total. The average molecular weight is 422 g/mol. The van der Waals surface area contributed by atoms with Gasteiger partial charge in [0.25, 0.3) is 0 Å². The first-order chi connectivity index (χ1) is 13.2. The molecular weight excluding hydrogens is 398 g/mol. The number of piperazine rings is 1. The van der Waals surface area contributed by atoms with Crippen molar-refractivity contribution in [2.45, 2.75) is 19.4 Å². The SMILES string of the molecule is CCOc1ccc(-c2nc(Cc3nc(C4CNCCN4C)no3)cs2)cc1.Cl. The zero-order chi connectivity index (χ0) is 18.6. The summed E-state index contributed by atoms with van der Waals surface area (Å²) in [5.74, 6) is 2.22. The van der Waals surface area contributed by atoms with Gasteiger partial charge in [-0.25, -0.2) is 4.98 Å². The van der Waals surface area contributed by atoms with Crippen molar-refractivity contribution in [1.82, 2.24) is 25.3 Å². The minimum Gasteiger partial charge on any atom is -0.494 e. The van der Waals surface area contributed by atoms with Crippen molar-refractivity contribution >= 4 is 23.7 Å². The summed E-state index contributed by atoms with van der Waals surface area (Å²) in [4.78, 5) is 11.5. The van der Waals surface area contributed by atoms with Crippen LogP contribution in [0, 0.1) is 0 Å². The molecule has 0 amide bonds. The Morgan fingerprint density at radius 3 is 2.86 bits per heavy atom. The smallest absolute Gasteiger partial charge is 0.232 e. The molecule has 1 N–H and O–H groups in total. The van der Waals surface area contributed by atoms with Gasteiger partial charge in [-0.1, -0.05) is 5.16 Å². The number of rotatable bonds is 6. The minimum absolute atomic E-state index is 0. The Balaban J connectivity index is 0.00000225. The molecule has 28 heavy (non-hydrogen) atoms. The van der Waals surface area contributed by atoms with E-state index in [1.807, 2.05) is 36.6 Å². The molecule has 1 aromatic carbocycles. The molecule has 0 radical (unpaired) electrons. The molecule has 1 atom stereocenters. The highest BCUT2D eigenvalue weighted by Gasteiger charge is 2.25. The van der Waals surface area contributed by atoms with Crippen LogP contribution >= 0.6 is 23.7 Å². The number of aromatic nitrogens is 3. The van der Waals surface area contributed by atoms with E-state index >= 15 is 0 Å². The second-order valence-corrected chi connectivity index (χ2v) is 7.38. The summed E-state index contributed by atoms with van der Waals surface area (Å²) in [6, 6.07) is 8.16. The number of nitrogens with one attached hydrogen (secondary N) is 1. The lowest BCUT2D eigenvalue weighted by molar-refractivity contribution is 0.190. The van der Waals surface area contributed by atoms with E-state index in [0.717, 1.165) is 47.5 Å². The van der Waals surface area contributed by atoms with Crippen molar-refractivity contribution in [3.63, 3.8) is 0 Å². The molecule has 0 spiro atoms. The maximum absolute atomic E-state index is 5.49. The third-order valence-electron chi connectivity index (χ3n) is 4.59. The van der Waals surface area contributed by atoms with E-state index in [-0.39, 0.29) is 18.4 Å². The molecular formula is C19H24ClN5O2S. The quantitative estimate of drug-likeness (QED) is 0.654. The Kier molecular flexibility index (Phi) is 7.01. The number of likely N-dealkylation sites (N-methyl/N-ethyl adjacent to an activating group) is 1. The molecule has 3 heterocycles. The van der Waals surface area contributed by atoms with Crippen LogP contribution in [0.25, 0.3) is 10.6 Å². The zero-order valence-corrected chi connectivity index (χ0v) is 17.6. The molecule has 1 unspecified atom stereocenters. The van der Waals surface area contributed by atoms with Crippen LogP contribution in [-0.4, -0.2) is 53.3 Å². The van der Waals surface area contributed by atoms with Crippen LogP contribution in [0.3, 0.4) is 0 Å². The molecule has 0 saturated carbocycles. The van der Waals surface area contributed by atoms with Crippen molar-refractivity contribution in [2.24, 2.45) is 0 Å². The number of halogens is 1. The van der Waals surface area contributed by atoms with Crippen molar-refractivity contribution in [3.8, 4) is 16.3 Å². The van der Waals surface area contributed by atoms with Crippen molar-refractivity contribution in [2.75, 3.05) is 33.3 Å². The van der Waals surface area contributed by atoms with Crippen LogP contribution in [0.2, 0.25) is 0 Å². The Morgan fingerprint density at radius 2 is 2.11 bits per heavy atom. The second kappa shape index (κ2) is 9.47. The lowest BCUT2D eigenvalue weighted by Gasteiger charge is -2.30. The molecule has 9 heteroatoms. The maximum Gasteiger partial charge on any atom is 0.232 e.